The van der Waals surface area contributed by atoms with Gasteiger partial charge in [-0.25, -0.2) is 0 Å². The molecule has 252 valence electrons. The molecule has 3 aliphatic rings. The maximum atomic E-state index is 11.8. The van der Waals surface area contributed by atoms with E-state index in [0.29, 0.717) is 5.75 Å². The lowest BCUT2D eigenvalue weighted by atomic mass is 9.84. The van der Waals surface area contributed by atoms with Gasteiger partial charge in [0.05, 0.1) is 0 Å². The Labute approximate surface area is 275 Å². The molecule has 0 bridgehead atoms. The third-order valence-electron chi connectivity index (χ3n) is 10.5. The predicted octanol–water partition coefficient (Wildman–Crippen LogP) is 7.48. The van der Waals surface area contributed by atoms with Crippen molar-refractivity contribution in [2.75, 3.05) is 66.5 Å². The van der Waals surface area contributed by atoms with Crippen molar-refractivity contribution in [3.8, 4) is 11.5 Å². The van der Waals surface area contributed by atoms with Crippen LogP contribution in [0.1, 0.15) is 102 Å². The second-order valence-electron chi connectivity index (χ2n) is 14.9. The maximum Gasteiger partial charge on any atom is 0.127 e. The number of phenolic OH excluding ortho intramolecular Hbond substituents is 1. The molecule has 0 radical (unpaired) electrons. The molecule has 1 aromatic rings. The Morgan fingerprint density at radius 2 is 1.27 bits per heavy atom. The summed E-state index contributed by atoms with van der Waals surface area (Å²) in [5.41, 5.74) is 8.79. The van der Waals surface area contributed by atoms with Gasteiger partial charge in [0.25, 0.3) is 0 Å². The van der Waals surface area contributed by atoms with Crippen molar-refractivity contribution in [3.63, 3.8) is 0 Å². The Balaban J connectivity index is 1.45. The van der Waals surface area contributed by atoms with Gasteiger partial charge in [0.1, 0.15) is 17.1 Å². The Kier molecular flexibility index (Phi) is 13.2. The number of fused-ring (bicyclic) bond motifs is 1. The first-order chi connectivity index (χ1) is 21.4. The Bertz CT molecular complexity index is 1210. The van der Waals surface area contributed by atoms with Gasteiger partial charge in [-0.3, -0.25) is 9.80 Å². The van der Waals surface area contributed by atoms with E-state index in [1.165, 1.54) is 22.3 Å². The number of hydrogen-bond donors (Lipinski definition) is 1. The molecule has 3 heterocycles. The van der Waals surface area contributed by atoms with E-state index < -0.39 is 0 Å². The predicted molar refractivity (Wildman–Crippen MR) is 190 cm³/mol. The summed E-state index contributed by atoms with van der Waals surface area (Å²) >= 11 is 0. The van der Waals surface area contributed by atoms with E-state index in [1.54, 1.807) is 0 Å². The number of hydrogen-bond acceptors (Lipinski definition) is 6. The monoisotopic (exact) mass is 621 g/mol. The topological polar surface area (TPSA) is 42.4 Å². The molecule has 0 aliphatic carbocycles. The summed E-state index contributed by atoms with van der Waals surface area (Å²) in [7, 11) is 4.40. The Morgan fingerprint density at radius 1 is 0.756 bits per heavy atom. The fourth-order valence-corrected chi connectivity index (χ4v) is 7.05. The smallest absolute Gasteiger partial charge is 0.127 e. The van der Waals surface area contributed by atoms with E-state index in [2.05, 4.69) is 93.5 Å². The molecule has 2 saturated heterocycles. The van der Waals surface area contributed by atoms with Crippen molar-refractivity contribution >= 4 is 0 Å². The van der Waals surface area contributed by atoms with Crippen LogP contribution in [0.4, 0.5) is 0 Å². The van der Waals surface area contributed by atoms with E-state index in [1.807, 2.05) is 0 Å². The third-order valence-corrected chi connectivity index (χ3v) is 10.5. The molecule has 1 aromatic carbocycles. The second kappa shape index (κ2) is 16.6. The number of phenols is 1. The Hall–Kier alpha value is -2.12. The molecule has 2 fully saturated rings. The molecule has 1 unspecified atom stereocenters. The number of nitrogens with zero attached hydrogens (tertiary/aromatic N) is 4. The summed E-state index contributed by atoms with van der Waals surface area (Å²) in [6.45, 7) is 23.5. The number of likely N-dealkylation sites (N-methyl/N-ethyl adjacent to an activating group) is 2. The summed E-state index contributed by atoms with van der Waals surface area (Å²) < 4.78 is 7.04. The zero-order valence-corrected chi connectivity index (χ0v) is 30.1. The molecule has 0 saturated carbocycles. The standard InChI is InChI=1S/C39H64N4O2/c1-30(2)12-9-13-31(3)14-10-15-32(4)16-11-18-39(6)19-17-34-36(29-43-26-22-41(8)23-27-43)37(44)35(33(5)38(34)45-39)28-42-24-20-40(7)21-25-42/h12,14,16,44H,9-11,13,15,17-29H2,1-8H3/b31-14+,32-16+. The quantitative estimate of drug-likeness (QED) is 0.231. The van der Waals surface area contributed by atoms with Crippen molar-refractivity contribution in [1.82, 2.24) is 19.6 Å². The second-order valence-corrected chi connectivity index (χ2v) is 14.9. The molecule has 1 N–H and O–H groups in total. The zero-order chi connectivity index (χ0) is 32.6. The van der Waals surface area contributed by atoms with Crippen LogP contribution in [0.5, 0.6) is 11.5 Å². The van der Waals surface area contributed by atoms with E-state index in [0.717, 1.165) is 139 Å². The molecule has 0 aromatic heterocycles. The highest BCUT2D eigenvalue weighted by atomic mass is 16.5. The third kappa shape index (κ3) is 10.4. The van der Waals surface area contributed by atoms with Crippen molar-refractivity contribution in [2.24, 2.45) is 0 Å². The molecule has 3 aliphatic heterocycles. The highest BCUT2D eigenvalue weighted by Gasteiger charge is 2.36. The molecule has 6 nitrogen and oxygen atoms in total. The molecular formula is C39H64N4O2. The average Bonchev–Trinajstić information content (AvgIpc) is 2.99. The summed E-state index contributed by atoms with van der Waals surface area (Å²) in [6, 6.07) is 0. The first-order valence-corrected chi connectivity index (χ1v) is 17.8. The van der Waals surface area contributed by atoms with Crippen LogP contribution >= 0.6 is 0 Å². The van der Waals surface area contributed by atoms with Gasteiger partial charge in [0.2, 0.25) is 0 Å². The lowest BCUT2D eigenvalue weighted by Crippen LogP contribution is -2.44. The maximum absolute atomic E-state index is 11.8. The number of aromatic hydroxyl groups is 1. The molecule has 6 heteroatoms. The van der Waals surface area contributed by atoms with Crippen LogP contribution in [-0.2, 0) is 19.5 Å². The minimum Gasteiger partial charge on any atom is -0.507 e. The summed E-state index contributed by atoms with van der Waals surface area (Å²) in [6.07, 6.45) is 15.8. The number of allylic oxidation sites excluding steroid dienone is 6. The fourth-order valence-electron chi connectivity index (χ4n) is 7.05. The first-order valence-electron chi connectivity index (χ1n) is 17.8. The van der Waals surface area contributed by atoms with Crippen LogP contribution in [0.25, 0.3) is 0 Å². The first kappa shape index (κ1) is 35.7. The van der Waals surface area contributed by atoms with Crippen molar-refractivity contribution in [1.29, 1.82) is 0 Å². The van der Waals surface area contributed by atoms with Crippen molar-refractivity contribution < 1.29 is 9.84 Å². The van der Waals surface area contributed by atoms with Crippen molar-refractivity contribution in [3.05, 3.63) is 57.2 Å². The highest BCUT2D eigenvalue weighted by molar-refractivity contribution is 5.59. The van der Waals surface area contributed by atoms with Crippen LogP contribution in [0.2, 0.25) is 0 Å². The average molecular weight is 621 g/mol. The molecule has 0 spiro atoms. The van der Waals surface area contributed by atoms with E-state index >= 15 is 0 Å². The van der Waals surface area contributed by atoms with Gasteiger partial charge in [0, 0.05) is 82.1 Å². The largest absolute Gasteiger partial charge is 0.507 e. The fraction of sp³-hybridized carbons (Fsp3) is 0.692. The molecule has 0 amide bonds. The number of rotatable bonds is 13. The number of benzene rings is 1. The van der Waals surface area contributed by atoms with Gasteiger partial charge in [0.15, 0.2) is 0 Å². The van der Waals surface area contributed by atoms with Crippen LogP contribution in [0, 0.1) is 6.92 Å². The SMILES string of the molecule is CC(C)=CCC/C(C)=C/CC/C(C)=C/CCC1(C)CCc2c(CN3CCN(C)CC3)c(O)c(CN3CCN(C)CC3)c(C)c2O1. The number of piperazine rings is 2. The lowest BCUT2D eigenvalue weighted by molar-refractivity contribution is 0.0549. The minimum atomic E-state index is -0.191. The van der Waals surface area contributed by atoms with Gasteiger partial charge in [-0.2, -0.15) is 0 Å². The molecule has 45 heavy (non-hydrogen) atoms. The normalized spacial score (nSPS) is 22.8. The summed E-state index contributed by atoms with van der Waals surface area (Å²) in [4.78, 5) is 9.81. The van der Waals surface area contributed by atoms with Crippen molar-refractivity contribution in [2.45, 2.75) is 112 Å². The van der Waals surface area contributed by atoms with Gasteiger partial charge in [-0.15, -0.1) is 0 Å². The summed E-state index contributed by atoms with van der Waals surface area (Å²) in [5, 5.41) is 11.8. The zero-order valence-electron chi connectivity index (χ0n) is 30.1. The van der Waals surface area contributed by atoms with Gasteiger partial charge in [-0.05, 0) is 113 Å². The van der Waals surface area contributed by atoms with E-state index in [4.69, 9.17) is 4.74 Å². The summed E-state index contributed by atoms with van der Waals surface area (Å²) in [5.74, 6) is 1.58. The van der Waals surface area contributed by atoms with Gasteiger partial charge < -0.3 is 19.6 Å². The Morgan fingerprint density at radius 3 is 1.82 bits per heavy atom. The van der Waals surface area contributed by atoms with Gasteiger partial charge in [-0.1, -0.05) is 34.9 Å². The lowest BCUT2D eigenvalue weighted by Gasteiger charge is -2.40. The molecule has 4 rings (SSSR count). The van der Waals surface area contributed by atoms with Gasteiger partial charge >= 0.3 is 0 Å². The van der Waals surface area contributed by atoms with Crippen LogP contribution < -0.4 is 4.74 Å². The van der Waals surface area contributed by atoms with Crippen LogP contribution in [0.15, 0.2) is 34.9 Å². The molecule has 1 atom stereocenters. The van der Waals surface area contributed by atoms with E-state index in [-0.39, 0.29) is 5.60 Å². The van der Waals surface area contributed by atoms with E-state index in [9.17, 15) is 5.11 Å². The van der Waals surface area contributed by atoms with Crippen LogP contribution in [-0.4, -0.2) is 96.8 Å². The molecular weight excluding hydrogens is 556 g/mol. The number of ether oxygens (including phenoxy) is 1. The highest BCUT2D eigenvalue weighted by Crippen LogP contribution is 2.46. The minimum absolute atomic E-state index is 0.191. The van der Waals surface area contributed by atoms with Crippen LogP contribution in [0.3, 0.4) is 0 Å².